The minimum absolute atomic E-state index is 0.0335. The molecule has 1 atom stereocenters. The van der Waals surface area contributed by atoms with Gasteiger partial charge in [0, 0.05) is 19.1 Å². The molecule has 0 unspecified atom stereocenters. The zero-order chi connectivity index (χ0) is 14.8. The molecule has 114 valence electrons. The van der Waals surface area contributed by atoms with E-state index in [1.54, 1.807) is 0 Å². The second-order valence-electron chi connectivity index (χ2n) is 6.10. The number of anilines is 2. The zero-order valence-corrected chi connectivity index (χ0v) is 12.3. The Kier molecular flexibility index (Phi) is 3.90. The predicted octanol–water partition coefficient (Wildman–Crippen LogP) is 2.59. The second kappa shape index (κ2) is 5.83. The van der Waals surface area contributed by atoms with Gasteiger partial charge in [0.15, 0.2) is 0 Å². The molecule has 2 aliphatic rings. The summed E-state index contributed by atoms with van der Waals surface area (Å²) in [5.74, 6) is 1.69. The molecule has 1 saturated carbocycles. The van der Waals surface area contributed by atoms with Crippen molar-refractivity contribution in [2.24, 2.45) is 5.92 Å². The Bertz CT molecular complexity index is 532. The molecule has 0 spiro atoms. The van der Waals surface area contributed by atoms with Crippen molar-refractivity contribution >= 4 is 17.5 Å². The molecule has 0 aromatic carbocycles. The fourth-order valence-electron chi connectivity index (χ4n) is 2.64. The molecule has 0 amide bonds. The Labute approximate surface area is 123 Å². The molecule has 2 heterocycles. The molecule has 1 saturated heterocycles. The highest BCUT2D eigenvalue weighted by molar-refractivity contribution is 5.58. The van der Waals surface area contributed by atoms with Crippen molar-refractivity contribution in [2.75, 3.05) is 23.3 Å². The maximum Gasteiger partial charge on any atom is 0.329 e. The maximum absolute atomic E-state index is 11.1. The average molecular weight is 291 g/mol. The summed E-state index contributed by atoms with van der Waals surface area (Å²) in [6.45, 7) is 4.10. The number of nitro groups is 1. The summed E-state index contributed by atoms with van der Waals surface area (Å²) in [4.78, 5) is 21.4. The fourth-order valence-corrected chi connectivity index (χ4v) is 2.64. The third-order valence-corrected chi connectivity index (χ3v) is 4.17. The third-order valence-electron chi connectivity index (χ3n) is 4.17. The van der Waals surface area contributed by atoms with Crippen LogP contribution in [0.15, 0.2) is 6.20 Å². The summed E-state index contributed by atoms with van der Waals surface area (Å²) in [6.07, 6.45) is 6.89. The summed E-state index contributed by atoms with van der Waals surface area (Å²) in [7, 11) is 0. The van der Waals surface area contributed by atoms with E-state index in [0.29, 0.717) is 17.8 Å². The second-order valence-corrected chi connectivity index (χ2v) is 6.10. The lowest BCUT2D eigenvalue weighted by molar-refractivity contribution is -0.384. The van der Waals surface area contributed by atoms with Gasteiger partial charge in [-0.3, -0.25) is 10.1 Å². The molecule has 1 N–H and O–H groups in total. The molecule has 1 aromatic heterocycles. The van der Waals surface area contributed by atoms with Crippen LogP contribution in [0.3, 0.4) is 0 Å². The molecular weight excluding hydrogens is 270 g/mol. The number of nitrogens with zero attached hydrogens (tertiary/aromatic N) is 4. The minimum Gasteiger partial charge on any atom is -0.361 e. The molecule has 1 aliphatic heterocycles. The molecule has 7 heteroatoms. The molecule has 1 aromatic rings. The lowest BCUT2D eigenvalue weighted by Crippen LogP contribution is -2.26. The molecule has 2 fully saturated rings. The first-order chi connectivity index (χ1) is 10.1. The zero-order valence-electron chi connectivity index (χ0n) is 12.3. The van der Waals surface area contributed by atoms with Gasteiger partial charge in [-0.05, 0) is 38.0 Å². The van der Waals surface area contributed by atoms with Gasteiger partial charge in [-0.25, -0.2) is 4.98 Å². The van der Waals surface area contributed by atoms with Crippen molar-refractivity contribution in [2.45, 2.75) is 45.1 Å². The van der Waals surface area contributed by atoms with Crippen molar-refractivity contribution in [1.82, 2.24) is 9.97 Å². The van der Waals surface area contributed by atoms with Gasteiger partial charge in [0.2, 0.25) is 11.8 Å². The quantitative estimate of drug-likeness (QED) is 0.678. The fraction of sp³-hybridized carbons (Fsp3) is 0.714. The molecular formula is C14H21N5O2. The number of hydrogen-bond donors (Lipinski definition) is 1. The van der Waals surface area contributed by atoms with E-state index >= 15 is 0 Å². The molecule has 7 nitrogen and oxygen atoms in total. The van der Waals surface area contributed by atoms with Crippen LogP contribution < -0.4 is 10.2 Å². The van der Waals surface area contributed by atoms with Crippen LogP contribution in [-0.4, -0.2) is 34.0 Å². The minimum atomic E-state index is -0.418. The van der Waals surface area contributed by atoms with Gasteiger partial charge in [-0.1, -0.05) is 6.92 Å². The van der Waals surface area contributed by atoms with Crippen molar-refractivity contribution < 1.29 is 4.92 Å². The molecule has 21 heavy (non-hydrogen) atoms. The van der Waals surface area contributed by atoms with E-state index in [1.807, 2.05) is 0 Å². The van der Waals surface area contributed by atoms with Crippen molar-refractivity contribution in [1.29, 1.82) is 0 Å². The van der Waals surface area contributed by atoms with Gasteiger partial charge >= 0.3 is 5.69 Å². The van der Waals surface area contributed by atoms with Gasteiger partial charge < -0.3 is 10.2 Å². The lowest BCUT2D eigenvalue weighted by Gasteiger charge is -2.20. The van der Waals surface area contributed by atoms with Crippen LogP contribution in [0.4, 0.5) is 17.5 Å². The summed E-state index contributed by atoms with van der Waals surface area (Å²) in [5.41, 5.74) is -0.0335. The average Bonchev–Trinajstić information content (AvgIpc) is 3.27. The van der Waals surface area contributed by atoms with Gasteiger partial charge in [0.1, 0.15) is 6.20 Å². The van der Waals surface area contributed by atoms with Crippen LogP contribution in [0.25, 0.3) is 0 Å². The van der Waals surface area contributed by atoms with Crippen molar-refractivity contribution in [3.8, 4) is 0 Å². The van der Waals surface area contributed by atoms with E-state index in [0.717, 1.165) is 44.7 Å². The first-order valence-electron chi connectivity index (χ1n) is 7.66. The monoisotopic (exact) mass is 291 g/mol. The first-order valence-corrected chi connectivity index (χ1v) is 7.66. The molecule has 3 rings (SSSR count). The van der Waals surface area contributed by atoms with Crippen molar-refractivity contribution in [3.63, 3.8) is 0 Å². The van der Waals surface area contributed by atoms with Crippen LogP contribution in [-0.2, 0) is 0 Å². The third kappa shape index (κ3) is 3.40. The van der Waals surface area contributed by atoms with E-state index in [4.69, 9.17) is 0 Å². The topological polar surface area (TPSA) is 84.2 Å². The molecule has 0 bridgehead atoms. The Morgan fingerprint density at radius 1 is 1.33 bits per heavy atom. The van der Waals surface area contributed by atoms with Gasteiger partial charge in [-0.2, -0.15) is 4.98 Å². The largest absolute Gasteiger partial charge is 0.361 e. The van der Waals surface area contributed by atoms with Crippen molar-refractivity contribution in [3.05, 3.63) is 16.3 Å². The Hall–Kier alpha value is -1.92. The summed E-state index contributed by atoms with van der Waals surface area (Å²) in [5, 5.41) is 14.2. The highest BCUT2D eigenvalue weighted by atomic mass is 16.6. The highest BCUT2D eigenvalue weighted by Gasteiger charge is 2.27. The Balaban J connectivity index is 1.82. The Morgan fingerprint density at radius 2 is 2.14 bits per heavy atom. The number of aromatic nitrogens is 2. The van der Waals surface area contributed by atoms with Gasteiger partial charge in [0.05, 0.1) is 4.92 Å². The van der Waals surface area contributed by atoms with Crippen LogP contribution in [0.1, 0.15) is 39.0 Å². The summed E-state index contributed by atoms with van der Waals surface area (Å²) >= 11 is 0. The van der Waals surface area contributed by atoms with Crippen LogP contribution in [0.2, 0.25) is 0 Å². The number of rotatable bonds is 4. The normalized spacial score (nSPS) is 22.7. The summed E-state index contributed by atoms with van der Waals surface area (Å²) in [6, 6.07) is 0.329. The smallest absolute Gasteiger partial charge is 0.329 e. The molecule has 0 radical (unpaired) electrons. The number of nitrogens with one attached hydrogen (secondary N) is 1. The number of hydrogen-bond acceptors (Lipinski definition) is 6. The SMILES string of the molecule is C[C@H]1CCCN(c2ncc([N+](=O)[O-])c(NC3CC3)n2)CC1. The van der Waals surface area contributed by atoms with Gasteiger partial charge in [-0.15, -0.1) is 0 Å². The lowest BCUT2D eigenvalue weighted by atomic mass is 10.0. The first kappa shape index (κ1) is 14.0. The van der Waals surface area contributed by atoms with E-state index in [9.17, 15) is 10.1 Å². The van der Waals surface area contributed by atoms with Crippen LogP contribution >= 0.6 is 0 Å². The van der Waals surface area contributed by atoms with E-state index in [-0.39, 0.29) is 5.69 Å². The van der Waals surface area contributed by atoms with Crippen LogP contribution in [0.5, 0.6) is 0 Å². The van der Waals surface area contributed by atoms with Gasteiger partial charge in [0.25, 0.3) is 0 Å². The van der Waals surface area contributed by atoms with E-state index in [2.05, 4.69) is 27.1 Å². The van der Waals surface area contributed by atoms with E-state index in [1.165, 1.54) is 12.6 Å². The maximum atomic E-state index is 11.1. The molecule has 1 aliphatic carbocycles. The van der Waals surface area contributed by atoms with Crippen LogP contribution in [0, 0.1) is 16.0 Å². The Morgan fingerprint density at radius 3 is 2.86 bits per heavy atom. The highest BCUT2D eigenvalue weighted by Crippen LogP contribution is 2.30. The summed E-state index contributed by atoms with van der Waals surface area (Å²) < 4.78 is 0. The standard InChI is InChI=1S/C14H21N5O2/c1-10-3-2-7-18(8-6-10)14-15-9-12(19(20)21)13(17-14)16-11-4-5-11/h9-11H,2-8H2,1H3,(H,15,16,17)/t10-/m0/s1. The predicted molar refractivity (Wildman–Crippen MR) is 80.6 cm³/mol. The van der Waals surface area contributed by atoms with E-state index < -0.39 is 4.92 Å².